The average Bonchev–Trinajstić information content (AvgIpc) is 3.18. The number of hydrogen-bond donors (Lipinski definition) is 2. The van der Waals surface area contributed by atoms with Crippen LogP contribution in [-0.2, 0) is 24.3 Å². The van der Waals surface area contributed by atoms with E-state index in [4.69, 9.17) is 9.47 Å². The first-order chi connectivity index (χ1) is 16.8. The average molecular weight is 486 g/mol. The highest BCUT2D eigenvalue weighted by atomic mass is 16.5. The van der Waals surface area contributed by atoms with Gasteiger partial charge < -0.3 is 19.4 Å². The molecule has 0 saturated heterocycles. The van der Waals surface area contributed by atoms with Gasteiger partial charge in [0.15, 0.2) is 22.7 Å². The van der Waals surface area contributed by atoms with Gasteiger partial charge in [0, 0.05) is 25.9 Å². The number of imidazole rings is 1. The number of unbranched alkanes of at least 4 members (excludes halogenated alkanes) is 1. The molecule has 0 saturated carbocycles. The Labute approximate surface area is 204 Å². The summed E-state index contributed by atoms with van der Waals surface area (Å²) in [5, 5.41) is 2.85. The lowest BCUT2D eigenvalue weighted by molar-refractivity contribution is -0.121. The van der Waals surface area contributed by atoms with Gasteiger partial charge in [-0.3, -0.25) is 19.1 Å². The number of para-hydroxylation sites is 2. The molecule has 190 valence electrons. The smallest absolute Gasteiger partial charge is 0.330 e. The Morgan fingerprint density at radius 1 is 1.17 bits per heavy atom. The highest BCUT2D eigenvalue weighted by molar-refractivity contribution is 5.76. The lowest BCUT2D eigenvalue weighted by Gasteiger charge is -2.12. The molecule has 0 aliphatic rings. The zero-order chi connectivity index (χ0) is 25.4. The van der Waals surface area contributed by atoms with Crippen LogP contribution in [0.3, 0.4) is 0 Å². The summed E-state index contributed by atoms with van der Waals surface area (Å²) in [5.74, 6) is 1.98. The summed E-state index contributed by atoms with van der Waals surface area (Å²) in [7, 11) is 1.58. The first kappa shape index (κ1) is 26.1. The van der Waals surface area contributed by atoms with Crippen molar-refractivity contribution in [2.75, 3.05) is 20.3 Å². The molecule has 1 amide bonds. The van der Waals surface area contributed by atoms with Gasteiger partial charge in [0.2, 0.25) is 5.91 Å². The van der Waals surface area contributed by atoms with Gasteiger partial charge in [-0.25, -0.2) is 9.78 Å². The van der Waals surface area contributed by atoms with Gasteiger partial charge in [0.1, 0.15) is 12.4 Å². The number of rotatable bonds is 13. The van der Waals surface area contributed by atoms with E-state index in [1.807, 2.05) is 49.6 Å². The summed E-state index contributed by atoms with van der Waals surface area (Å²) in [6.45, 7) is 7.82. The van der Waals surface area contributed by atoms with Gasteiger partial charge in [0.05, 0.1) is 13.7 Å². The quantitative estimate of drug-likeness (QED) is 0.359. The molecule has 0 fully saturated rings. The zero-order valence-electron chi connectivity index (χ0n) is 20.9. The van der Waals surface area contributed by atoms with Crippen LogP contribution in [0, 0.1) is 5.92 Å². The van der Waals surface area contributed by atoms with E-state index in [9.17, 15) is 14.4 Å². The molecule has 2 N–H and O–H groups in total. The van der Waals surface area contributed by atoms with Crippen molar-refractivity contribution in [3.8, 4) is 11.5 Å². The normalized spacial score (nSPS) is 11.2. The minimum atomic E-state index is -0.454. The predicted octanol–water partition coefficient (Wildman–Crippen LogP) is 2.48. The van der Waals surface area contributed by atoms with Crippen molar-refractivity contribution in [2.45, 2.75) is 59.5 Å². The highest BCUT2D eigenvalue weighted by Crippen LogP contribution is 2.25. The van der Waals surface area contributed by atoms with E-state index in [0.717, 1.165) is 12.8 Å². The highest BCUT2D eigenvalue weighted by Gasteiger charge is 2.19. The molecule has 3 rings (SSSR count). The molecule has 0 atom stereocenters. The molecule has 0 unspecified atom stereocenters. The largest absolute Gasteiger partial charge is 0.493 e. The van der Waals surface area contributed by atoms with E-state index >= 15 is 0 Å². The molecular formula is C25H35N5O5. The van der Waals surface area contributed by atoms with Crippen LogP contribution < -0.4 is 26.0 Å². The summed E-state index contributed by atoms with van der Waals surface area (Å²) in [5.41, 5.74) is -0.136. The second kappa shape index (κ2) is 12.2. The SMILES string of the molecule is CCCCn1c(=O)[nH]c(=O)c2c1nc(CCC(=O)NCCOc1ccccc1OC)n2CC(C)C. The second-order valence-corrected chi connectivity index (χ2v) is 8.82. The van der Waals surface area contributed by atoms with Crippen molar-refractivity contribution >= 4 is 17.1 Å². The predicted molar refractivity (Wildman–Crippen MR) is 134 cm³/mol. The Balaban J connectivity index is 1.69. The maximum atomic E-state index is 12.7. The molecule has 0 aliphatic carbocycles. The van der Waals surface area contributed by atoms with Crippen LogP contribution in [0.1, 0.15) is 45.9 Å². The Kier molecular flexibility index (Phi) is 9.11. The van der Waals surface area contributed by atoms with Gasteiger partial charge >= 0.3 is 5.69 Å². The molecule has 10 nitrogen and oxygen atoms in total. The van der Waals surface area contributed by atoms with Gasteiger partial charge in [-0.1, -0.05) is 39.3 Å². The number of nitrogens with one attached hydrogen (secondary N) is 2. The van der Waals surface area contributed by atoms with Crippen LogP contribution in [0.15, 0.2) is 33.9 Å². The van der Waals surface area contributed by atoms with Crippen molar-refractivity contribution in [1.82, 2.24) is 24.4 Å². The van der Waals surface area contributed by atoms with Gasteiger partial charge in [-0.15, -0.1) is 0 Å². The Bertz CT molecular complexity index is 1260. The van der Waals surface area contributed by atoms with Crippen LogP contribution >= 0.6 is 0 Å². The first-order valence-corrected chi connectivity index (χ1v) is 12.1. The molecule has 10 heteroatoms. The monoisotopic (exact) mass is 485 g/mol. The third-order valence-electron chi connectivity index (χ3n) is 5.57. The Hall–Kier alpha value is -3.56. The number of amides is 1. The summed E-state index contributed by atoms with van der Waals surface area (Å²) < 4.78 is 14.3. The molecule has 2 heterocycles. The number of carbonyl (C=O) groups excluding carboxylic acids is 1. The van der Waals surface area contributed by atoms with Crippen LogP contribution in [0.5, 0.6) is 11.5 Å². The number of H-pyrrole nitrogens is 1. The molecule has 0 aliphatic heterocycles. The number of aromatic amines is 1. The Morgan fingerprint density at radius 2 is 1.91 bits per heavy atom. The van der Waals surface area contributed by atoms with Gasteiger partial charge in [-0.05, 0) is 24.5 Å². The van der Waals surface area contributed by atoms with E-state index < -0.39 is 11.2 Å². The molecule has 1 aromatic carbocycles. The summed E-state index contributed by atoms with van der Waals surface area (Å²) in [6.07, 6.45) is 2.26. The third kappa shape index (κ3) is 6.52. The van der Waals surface area contributed by atoms with Crippen molar-refractivity contribution in [3.05, 3.63) is 50.9 Å². The number of nitrogens with zero attached hydrogens (tertiary/aromatic N) is 3. The number of aromatic nitrogens is 4. The summed E-state index contributed by atoms with van der Waals surface area (Å²) >= 11 is 0. The van der Waals surface area contributed by atoms with Crippen molar-refractivity contribution < 1.29 is 14.3 Å². The van der Waals surface area contributed by atoms with E-state index in [0.29, 0.717) is 61.1 Å². The number of hydrogen-bond acceptors (Lipinski definition) is 6. The van der Waals surface area contributed by atoms with Crippen LogP contribution in [0.4, 0.5) is 0 Å². The zero-order valence-corrected chi connectivity index (χ0v) is 20.9. The minimum absolute atomic E-state index is 0.144. The molecule has 0 radical (unpaired) electrons. The van der Waals surface area contributed by atoms with Crippen molar-refractivity contribution in [3.63, 3.8) is 0 Å². The van der Waals surface area contributed by atoms with Crippen LogP contribution in [0.2, 0.25) is 0 Å². The standard InChI is InChI=1S/C25H35N5O5/c1-5-6-14-29-23-22(24(32)28-25(29)33)30(16-17(2)3)20(27-23)11-12-21(31)26-13-15-35-19-10-8-7-9-18(19)34-4/h7-10,17H,5-6,11-16H2,1-4H3,(H,26,31)(H,28,32,33). The van der Waals surface area contributed by atoms with E-state index in [1.54, 1.807) is 7.11 Å². The maximum absolute atomic E-state index is 12.7. The molecule has 3 aromatic rings. The van der Waals surface area contributed by atoms with E-state index in [1.165, 1.54) is 4.57 Å². The Morgan fingerprint density at radius 3 is 2.60 bits per heavy atom. The number of methoxy groups -OCH3 is 1. The third-order valence-corrected chi connectivity index (χ3v) is 5.57. The lowest BCUT2D eigenvalue weighted by atomic mass is 10.2. The number of ether oxygens (including phenoxy) is 2. The van der Waals surface area contributed by atoms with Crippen molar-refractivity contribution in [2.24, 2.45) is 5.92 Å². The number of benzene rings is 1. The number of aryl methyl sites for hydroxylation is 2. The fraction of sp³-hybridized carbons (Fsp3) is 0.520. The van der Waals surface area contributed by atoms with Crippen LogP contribution in [0.25, 0.3) is 11.2 Å². The number of fused-ring (bicyclic) bond motifs is 1. The summed E-state index contributed by atoms with van der Waals surface area (Å²) in [6, 6.07) is 7.33. The van der Waals surface area contributed by atoms with Gasteiger partial charge in [0.25, 0.3) is 5.56 Å². The lowest BCUT2D eigenvalue weighted by Crippen LogP contribution is -2.31. The fourth-order valence-corrected chi connectivity index (χ4v) is 3.90. The molecule has 0 spiro atoms. The van der Waals surface area contributed by atoms with Crippen molar-refractivity contribution in [1.29, 1.82) is 0 Å². The summed E-state index contributed by atoms with van der Waals surface area (Å²) in [4.78, 5) is 44.7. The minimum Gasteiger partial charge on any atom is -0.493 e. The molecule has 0 bridgehead atoms. The van der Waals surface area contributed by atoms with E-state index in [-0.39, 0.29) is 18.2 Å². The number of carbonyl (C=O) groups is 1. The first-order valence-electron chi connectivity index (χ1n) is 12.1. The fourth-order valence-electron chi connectivity index (χ4n) is 3.90. The topological polar surface area (TPSA) is 120 Å². The maximum Gasteiger partial charge on any atom is 0.330 e. The second-order valence-electron chi connectivity index (χ2n) is 8.82. The van der Waals surface area contributed by atoms with Crippen LogP contribution in [-0.4, -0.2) is 45.3 Å². The molecule has 2 aromatic heterocycles. The van der Waals surface area contributed by atoms with Gasteiger partial charge in [-0.2, -0.15) is 0 Å². The molecule has 35 heavy (non-hydrogen) atoms. The molecular weight excluding hydrogens is 450 g/mol. The van der Waals surface area contributed by atoms with E-state index in [2.05, 4.69) is 15.3 Å².